The Morgan fingerprint density at radius 3 is 2.00 bits per heavy atom. The molecule has 0 unspecified atom stereocenters. The van der Waals surface area contributed by atoms with Gasteiger partial charge >= 0.3 is 0 Å². The Morgan fingerprint density at radius 2 is 1.37 bits per heavy atom. The lowest BCUT2D eigenvalue weighted by Gasteiger charge is -2.41. The monoisotopic (exact) mass is 416 g/mol. The molecule has 0 amide bonds. The summed E-state index contributed by atoms with van der Waals surface area (Å²) in [6.07, 6.45) is 5.01. The highest BCUT2D eigenvalue weighted by Gasteiger charge is 2.26. The van der Waals surface area contributed by atoms with E-state index in [1.807, 2.05) is 18.2 Å². The Labute approximate surface area is 182 Å². The van der Waals surface area contributed by atoms with Crippen LogP contribution in [0.2, 0.25) is 0 Å². The van der Waals surface area contributed by atoms with Crippen molar-refractivity contribution in [2.24, 2.45) is 0 Å². The number of aromatic nitrogens is 2. The number of anilines is 1. The molecule has 154 valence electrons. The van der Waals surface area contributed by atoms with Gasteiger partial charge in [0, 0.05) is 49.0 Å². The predicted molar refractivity (Wildman–Crippen MR) is 126 cm³/mol. The number of benzene rings is 2. The molecule has 2 fully saturated rings. The fourth-order valence-corrected chi connectivity index (χ4v) is 5.43. The predicted octanol–water partition coefficient (Wildman–Crippen LogP) is 5.49. The molecule has 1 saturated carbocycles. The van der Waals surface area contributed by atoms with E-state index in [0.717, 1.165) is 53.4 Å². The molecule has 4 nitrogen and oxygen atoms in total. The molecule has 0 spiro atoms. The fraction of sp³-hybridized carbons (Fsp3) is 0.360. The number of piperazine rings is 1. The maximum Gasteiger partial charge on any atom is 0.148 e. The Bertz CT molecular complexity index is 978. The normalized spacial score (nSPS) is 18.7. The molecule has 3 aromatic rings. The van der Waals surface area contributed by atoms with Crippen LogP contribution in [-0.2, 0) is 0 Å². The SMILES string of the molecule is C=C1CCC(N2CCN(c3ccc(-c4nnc(-c5ccccc5)s4)cc3)CC2)CC1. The van der Waals surface area contributed by atoms with Crippen LogP contribution >= 0.6 is 11.3 Å². The minimum absolute atomic E-state index is 0.760. The topological polar surface area (TPSA) is 32.3 Å². The molecule has 2 aromatic carbocycles. The Morgan fingerprint density at radius 1 is 0.767 bits per heavy atom. The van der Waals surface area contributed by atoms with E-state index < -0.39 is 0 Å². The van der Waals surface area contributed by atoms with Gasteiger partial charge in [0.05, 0.1) is 0 Å². The Hall–Kier alpha value is -2.50. The van der Waals surface area contributed by atoms with Crippen molar-refractivity contribution in [2.45, 2.75) is 31.7 Å². The highest BCUT2D eigenvalue weighted by atomic mass is 32.1. The van der Waals surface area contributed by atoms with Crippen molar-refractivity contribution in [1.29, 1.82) is 0 Å². The van der Waals surface area contributed by atoms with E-state index in [4.69, 9.17) is 0 Å². The van der Waals surface area contributed by atoms with Gasteiger partial charge in [0.25, 0.3) is 0 Å². The first-order chi connectivity index (χ1) is 14.8. The zero-order chi connectivity index (χ0) is 20.3. The van der Waals surface area contributed by atoms with E-state index in [9.17, 15) is 0 Å². The molecule has 2 aliphatic rings. The van der Waals surface area contributed by atoms with Crippen molar-refractivity contribution < 1.29 is 0 Å². The summed E-state index contributed by atoms with van der Waals surface area (Å²) in [4.78, 5) is 5.21. The van der Waals surface area contributed by atoms with Crippen LogP contribution in [-0.4, -0.2) is 47.3 Å². The van der Waals surface area contributed by atoms with Crippen LogP contribution in [0.3, 0.4) is 0 Å². The van der Waals surface area contributed by atoms with Crippen LogP contribution in [0.4, 0.5) is 5.69 Å². The number of nitrogens with zero attached hydrogens (tertiary/aromatic N) is 4. The van der Waals surface area contributed by atoms with Crippen LogP contribution in [0, 0.1) is 0 Å². The number of rotatable bonds is 4. The molecule has 0 N–H and O–H groups in total. The molecule has 1 aromatic heterocycles. The molecule has 1 aliphatic carbocycles. The van der Waals surface area contributed by atoms with Gasteiger partial charge in [-0.2, -0.15) is 0 Å². The van der Waals surface area contributed by atoms with Crippen LogP contribution in [0.25, 0.3) is 21.1 Å². The molecular formula is C25H28N4S. The quantitative estimate of drug-likeness (QED) is 0.526. The summed E-state index contributed by atoms with van der Waals surface area (Å²) in [5.41, 5.74) is 5.01. The van der Waals surface area contributed by atoms with E-state index in [2.05, 4.69) is 63.0 Å². The van der Waals surface area contributed by atoms with Gasteiger partial charge in [0.1, 0.15) is 10.0 Å². The first-order valence-electron chi connectivity index (χ1n) is 10.9. The molecule has 0 bridgehead atoms. The van der Waals surface area contributed by atoms with Crippen LogP contribution in [0.15, 0.2) is 66.7 Å². The molecule has 5 heteroatoms. The molecule has 1 aliphatic heterocycles. The molecular weight excluding hydrogens is 388 g/mol. The van der Waals surface area contributed by atoms with Crippen molar-refractivity contribution in [3.8, 4) is 21.1 Å². The van der Waals surface area contributed by atoms with Gasteiger partial charge in [-0.3, -0.25) is 4.90 Å². The van der Waals surface area contributed by atoms with Crippen molar-refractivity contribution >= 4 is 17.0 Å². The van der Waals surface area contributed by atoms with Crippen LogP contribution in [0.5, 0.6) is 0 Å². The average molecular weight is 417 g/mol. The lowest BCUT2D eigenvalue weighted by molar-refractivity contribution is 0.158. The van der Waals surface area contributed by atoms with Gasteiger partial charge in [0.2, 0.25) is 0 Å². The van der Waals surface area contributed by atoms with E-state index in [-0.39, 0.29) is 0 Å². The van der Waals surface area contributed by atoms with Gasteiger partial charge in [-0.05, 0) is 49.9 Å². The standard InChI is InChI=1S/C25H28N4S/c1-19-7-11-22(12-8-19)28-15-17-29(18-16-28)23-13-9-21(10-14-23)25-27-26-24(30-25)20-5-3-2-4-6-20/h2-6,9-10,13-14,22H,1,7-8,11-12,15-18H2. The molecule has 1 saturated heterocycles. The summed E-state index contributed by atoms with van der Waals surface area (Å²) < 4.78 is 0. The van der Waals surface area contributed by atoms with Gasteiger partial charge in [0.15, 0.2) is 0 Å². The minimum Gasteiger partial charge on any atom is -0.369 e. The molecule has 0 atom stereocenters. The molecule has 0 radical (unpaired) electrons. The second-order valence-corrected chi connectivity index (χ2v) is 9.31. The maximum absolute atomic E-state index is 4.41. The zero-order valence-corrected chi connectivity index (χ0v) is 18.2. The van der Waals surface area contributed by atoms with Crippen molar-refractivity contribution in [3.05, 3.63) is 66.7 Å². The minimum atomic E-state index is 0.760. The van der Waals surface area contributed by atoms with Crippen molar-refractivity contribution in [1.82, 2.24) is 15.1 Å². The largest absolute Gasteiger partial charge is 0.369 e. The van der Waals surface area contributed by atoms with Gasteiger partial charge < -0.3 is 4.90 Å². The van der Waals surface area contributed by atoms with Crippen LogP contribution in [0.1, 0.15) is 25.7 Å². The summed E-state index contributed by atoms with van der Waals surface area (Å²) in [6.45, 7) is 8.69. The maximum atomic E-state index is 4.41. The summed E-state index contributed by atoms with van der Waals surface area (Å²) in [5.74, 6) is 0. The number of hydrogen-bond acceptors (Lipinski definition) is 5. The lowest BCUT2D eigenvalue weighted by atomic mass is 9.90. The first-order valence-corrected chi connectivity index (χ1v) is 11.7. The second kappa shape index (κ2) is 8.70. The Balaban J connectivity index is 1.21. The summed E-state index contributed by atoms with van der Waals surface area (Å²) in [5, 5.41) is 10.7. The summed E-state index contributed by atoms with van der Waals surface area (Å²) >= 11 is 1.65. The van der Waals surface area contributed by atoms with Gasteiger partial charge in [-0.25, -0.2) is 0 Å². The van der Waals surface area contributed by atoms with Gasteiger partial charge in [-0.15, -0.1) is 10.2 Å². The lowest BCUT2D eigenvalue weighted by Crippen LogP contribution is -2.50. The number of allylic oxidation sites excluding steroid dienone is 1. The third-order valence-corrected chi connectivity index (χ3v) is 7.44. The third-order valence-electron chi connectivity index (χ3n) is 6.42. The van der Waals surface area contributed by atoms with Gasteiger partial charge in [-0.1, -0.05) is 53.8 Å². The second-order valence-electron chi connectivity index (χ2n) is 8.33. The summed E-state index contributed by atoms with van der Waals surface area (Å²) in [7, 11) is 0. The molecule has 30 heavy (non-hydrogen) atoms. The third kappa shape index (κ3) is 4.18. The van der Waals surface area contributed by atoms with Crippen LogP contribution < -0.4 is 4.90 Å². The van der Waals surface area contributed by atoms with E-state index in [1.54, 1.807) is 11.3 Å². The average Bonchev–Trinajstić information content (AvgIpc) is 3.31. The Kier molecular flexibility index (Phi) is 5.65. The van der Waals surface area contributed by atoms with E-state index in [0.29, 0.717) is 0 Å². The molecule has 5 rings (SSSR count). The molecule has 2 heterocycles. The van der Waals surface area contributed by atoms with Crippen molar-refractivity contribution in [2.75, 3.05) is 31.1 Å². The highest BCUT2D eigenvalue weighted by Crippen LogP contribution is 2.31. The number of hydrogen-bond donors (Lipinski definition) is 0. The first kappa shape index (κ1) is 19.5. The van der Waals surface area contributed by atoms with E-state index >= 15 is 0 Å². The fourth-order valence-electron chi connectivity index (χ4n) is 4.57. The van der Waals surface area contributed by atoms with E-state index in [1.165, 1.54) is 36.9 Å². The highest BCUT2D eigenvalue weighted by molar-refractivity contribution is 7.17. The summed E-state index contributed by atoms with van der Waals surface area (Å²) in [6, 6.07) is 19.9. The smallest absolute Gasteiger partial charge is 0.148 e. The zero-order valence-electron chi connectivity index (χ0n) is 17.3. The van der Waals surface area contributed by atoms with Crippen molar-refractivity contribution in [3.63, 3.8) is 0 Å².